The number of nitriles is 1. The lowest BCUT2D eigenvalue weighted by Gasteiger charge is -2.31. The second-order valence-corrected chi connectivity index (χ2v) is 5.91. The zero-order valence-electron chi connectivity index (χ0n) is 15.4. The number of rotatable bonds is 5. The van der Waals surface area contributed by atoms with Crippen LogP contribution in [0.25, 0.3) is 0 Å². The predicted octanol–water partition coefficient (Wildman–Crippen LogP) is 3.13. The molecule has 0 aromatic heterocycles. The van der Waals surface area contributed by atoms with Gasteiger partial charge in [0.25, 0.3) is 0 Å². The fourth-order valence-electron chi connectivity index (χ4n) is 3.17. The van der Waals surface area contributed by atoms with Crippen molar-refractivity contribution in [3.63, 3.8) is 0 Å². The van der Waals surface area contributed by atoms with Crippen LogP contribution in [0.15, 0.2) is 40.5 Å². The Labute approximate surface area is 153 Å². The van der Waals surface area contributed by atoms with Gasteiger partial charge in [0.1, 0.15) is 5.92 Å². The molecule has 0 fully saturated rings. The van der Waals surface area contributed by atoms with E-state index >= 15 is 0 Å². The van der Waals surface area contributed by atoms with Crippen molar-refractivity contribution in [1.29, 1.82) is 5.26 Å². The summed E-state index contributed by atoms with van der Waals surface area (Å²) in [6.45, 7) is 7.40. The molecule has 0 saturated carbocycles. The minimum atomic E-state index is -0.717. The largest absolute Gasteiger partial charge is 0.465 e. The van der Waals surface area contributed by atoms with E-state index in [-0.39, 0.29) is 13.2 Å². The van der Waals surface area contributed by atoms with Crippen molar-refractivity contribution in [3.8, 4) is 6.07 Å². The molecule has 26 heavy (non-hydrogen) atoms. The first-order valence-corrected chi connectivity index (χ1v) is 8.54. The average Bonchev–Trinajstić information content (AvgIpc) is 2.61. The molecule has 1 aliphatic heterocycles. The van der Waals surface area contributed by atoms with Gasteiger partial charge in [0.2, 0.25) is 0 Å². The molecule has 136 valence electrons. The van der Waals surface area contributed by atoms with Gasteiger partial charge in [-0.2, -0.15) is 5.26 Å². The quantitative estimate of drug-likeness (QED) is 0.758. The molecule has 6 heteroatoms. The molecular formula is C20H22N2O4. The maximum absolute atomic E-state index is 12.6. The van der Waals surface area contributed by atoms with Crippen molar-refractivity contribution < 1.29 is 19.1 Å². The lowest BCUT2D eigenvalue weighted by atomic mass is 9.75. The molecule has 0 amide bonds. The van der Waals surface area contributed by atoms with Crippen LogP contribution in [0.1, 0.15) is 44.7 Å². The molecule has 6 nitrogen and oxygen atoms in total. The monoisotopic (exact) mass is 354 g/mol. The van der Waals surface area contributed by atoms with Crippen LogP contribution < -0.4 is 0 Å². The van der Waals surface area contributed by atoms with Crippen LogP contribution in [0.5, 0.6) is 0 Å². The van der Waals surface area contributed by atoms with Gasteiger partial charge in [-0.15, -0.1) is 0 Å². The summed E-state index contributed by atoms with van der Waals surface area (Å²) >= 11 is 0. The topological polar surface area (TPSA) is 88.8 Å². The number of hydrogen-bond acceptors (Lipinski definition) is 6. The fraction of sp³-hybridized carbons (Fsp3) is 0.400. The lowest BCUT2D eigenvalue weighted by molar-refractivity contribution is -0.146. The van der Waals surface area contributed by atoms with Crippen LogP contribution in [-0.4, -0.2) is 30.9 Å². The Morgan fingerprint density at radius 2 is 1.73 bits per heavy atom. The number of esters is 2. The van der Waals surface area contributed by atoms with E-state index in [0.29, 0.717) is 22.5 Å². The molecule has 2 rings (SSSR count). The van der Waals surface area contributed by atoms with E-state index < -0.39 is 23.8 Å². The highest BCUT2D eigenvalue weighted by molar-refractivity contribution is 6.07. The van der Waals surface area contributed by atoms with Gasteiger partial charge in [0.15, 0.2) is 0 Å². The molecule has 2 unspecified atom stereocenters. The molecule has 0 saturated heterocycles. The summed E-state index contributed by atoms with van der Waals surface area (Å²) in [5.74, 6) is -2.22. The van der Waals surface area contributed by atoms with E-state index in [1.807, 2.05) is 0 Å². The lowest BCUT2D eigenvalue weighted by Crippen LogP contribution is -2.36. The summed E-state index contributed by atoms with van der Waals surface area (Å²) in [4.78, 5) is 29.6. The first-order valence-electron chi connectivity index (χ1n) is 8.54. The molecular weight excluding hydrogens is 332 g/mol. The Morgan fingerprint density at radius 3 is 2.27 bits per heavy atom. The highest BCUT2D eigenvalue weighted by Gasteiger charge is 2.42. The van der Waals surface area contributed by atoms with Crippen molar-refractivity contribution in [2.45, 2.75) is 33.6 Å². The Hall–Kier alpha value is -2.94. The minimum Gasteiger partial charge on any atom is -0.465 e. The Balaban J connectivity index is 2.61. The molecule has 1 heterocycles. The first-order chi connectivity index (χ1) is 12.4. The standard InChI is InChI=1S/C20H22N2O4/c1-5-25-19(23)16-12(3)22-13(4)17(20(24)26-6-2)18(16)15-9-7-14(11-21)8-10-15/h7-10,16,18H,5-6H2,1-4H3. The van der Waals surface area contributed by atoms with E-state index in [4.69, 9.17) is 14.7 Å². The van der Waals surface area contributed by atoms with Gasteiger partial charge >= 0.3 is 11.9 Å². The molecule has 0 spiro atoms. The van der Waals surface area contributed by atoms with Crippen molar-refractivity contribution in [3.05, 3.63) is 46.7 Å². The van der Waals surface area contributed by atoms with Gasteiger partial charge in [-0.3, -0.25) is 9.79 Å². The summed E-state index contributed by atoms with van der Waals surface area (Å²) in [6, 6.07) is 8.89. The zero-order valence-corrected chi connectivity index (χ0v) is 15.4. The number of ether oxygens (including phenoxy) is 2. The molecule has 1 aliphatic rings. The highest BCUT2D eigenvalue weighted by atomic mass is 16.5. The number of benzene rings is 1. The number of allylic oxidation sites excluding steroid dienone is 1. The maximum Gasteiger partial charge on any atom is 0.336 e. The van der Waals surface area contributed by atoms with Crippen molar-refractivity contribution in [1.82, 2.24) is 0 Å². The van der Waals surface area contributed by atoms with Crippen LogP contribution in [0, 0.1) is 17.2 Å². The molecule has 1 aromatic rings. The van der Waals surface area contributed by atoms with Gasteiger partial charge in [-0.1, -0.05) is 12.1 Å². The first kappa shape index (κ1) is 19.4. The molecule has 0 radical (unpaired) electrons. The van der Waals surface area contributed by atoms with Crippen molar-refractivity contribution in [2.24, 2.45) is 10.9 Å². The van der Waals surface area contributed by atoms with Crippen LogP contribution in [0.3, 0.4) is 0 Å². The number of carbonyl (C=O) groups excluding carboxylic acids is 2. The number of aliphatic imine (C=N–C) groups is 1. The third-order valence-electron chi connectivity index (χ3n) is 4.26. The Morgan fingerprint density at radius 1 is 1.12 bits per heavy atom. The van der Waals surface area contributed by atoms with Crippen LogP contribution in [-0.2, 0) is 19.1 Å². The van der Waals surface area contributed by atoms with Gasteiger partial charge in [-0.05, 0) is 45.4 Å². The minimum absolute atomic E-state index is 0.225. The van der Waals surface area contributed by atoms with E-state index in [0.717, 1.165) is 5.56 Å². The summed E-state index contributed by atoms with van der Waals surface area (Å²) in [7, 11) is 0. The van der Waals surface area contributed by atoms with E-state index in [2.05, 4.69) is 11.1 Å². The second-order valence-electron chi connectivity index (χ2n) is 5.91. The highest BCUT2D eigenvalue weighted by Crippen LogP contribution is 2.40. The van der Waals surface area contributed by atoms with Gasteiger partial charge < -0.3 is 9.47 Å². The van der Waals surface area contributed by atoms with E-state index in [1.54, 1.807) is 52.0 Å². The molecule has 2 atom stereocenters. The van der Waals surface area contributed by atoms with Crippen molar-refractivity contribution >= 4 is 17.7 Å². The third kappa shape index (κ3) is 3.83. The van der Waals surface area contributed by atoms with Gasteiger partial charge in [0, 0.05) is 17.3 Å². The average molecular weight is 354 g/mol. The van der Waals surface area contributed by atoms with Gasteiger partial charge in [0.05, 0.1) is 30.4 Å². The fourth-order valence-corrected chi connectivity index (χ4v) is 3.17. The van der Waals surface area contributed by atoms with Gasteiger partial charge in [-0.25, -0.2) is 4.79 Å². The Bertz CT molecular complexity index is 800. The maximum atomic E-state index is 12.6. The molecule has 1 aromatic carbocycles. The summed E-state index contributed by atoms with van der Waals surface area (Å²) in [5.41, 5.74) is 2.69. The van der Waals surface area contributed by atoms with E-state index in [9.17, 15) is 9.59 Å². The summed E-state index contributed by atoms with van der Waals surface area (Å²) in [6.07, 6.45) is 0. The number of nitrogens with zero attached hydrogens (tertiary/aromatic N) is 2. The smallest absolute Gasteiger partial charge is 0.336 e. The molecule has 0 N–H and O–H groups in total. The number of carbonyl (C=O) groups is 2. The number of hydrogen-bond donors (Lipinski definition) is 0. The molecule has 0 bridgehead atoms. The normalized spacial score (nSPS) is 19.4. The predicted molar refractivity (Wildman–Crippen MR) is 96.5 cm³/mol. The van der Waals surface area contributed by atoms with Crippen molar-refractivity contribution in [2.75, 3.05) is 13.2 Å². The summed E-state index contributed by atoms with van der Waals surface area (Å²) in [5, 5.41) is 9.02. The summed E-state index contributed by atoms with van der Waals surface area (Å²) < 4.78 is 10.4. The van der Waals surface area contributed by atoms with Crippen LogP contribution in [0.4, 0.5) is 0 Å². The van der Waals surface area contributed by atoms with Crippen LogP contribution >= 0.6 is 0 Å². The molecule has 0 aliphatic carbocycles. The SMILES string of the molecule is CCOC(=O)C1=C(C)N=C(C)C(C(=O)OCC)C1c1ccc(C#N)cc1. The van der Waals surface area contributed by atoms with Crippen LogP contribution in [0.2, 0.25) is 0 Å². The zero-order chi connectivity index (χ0) is 19.3. The second kappa shape index (κ2) is 8.43. The third-order valence-corrected chi connectivity index (χ3v) is 4.26. The van der Waals surface area contributed by atoms with E-state index in [1.165, 1.54) is 0 Å². The Kier molecular flexibility index (Phi) is 6.29.